The topological polar surface area (TPSA) is 61.0 Å². The molecule has 0 bridgehead atoms. The number of aromatic amines is 1. The predicted octanol–water partition coefficient (Wildman–Crippen LogP) is 2.70. The van der Waals surface area contributed by atoms with Gasteiger partial charge in [0.25, 0.3) is 0 Å². The van der Waals surface area contributed by atoms with Gasteiger partial charge in [-0.05, 0) is 37.4 Å². The SMILES string of the molecule is CC(=O)NCC1CCCN(Cc2cn[nH]c2-c2c(F)cccc2F)C1. The smallest absolute Gasteiger partial charge is 0.216 e. The molecule has 0 aliphatic carbocycles. The van der Waals surface area contributed by atoms with Gasteiger partial charge in [-0.2, -0.15) is 5.10 Å². The largest absolute Gasteiger partial charge is 0.356 e. The van der Waals surface area contributed by atoms with E-state index in [1.807, 2.05) is 0 Å². The second kappa shape index (κ2) is 7.74. The summed E-state index contributed by atoms with van der Waals surface area (Å²) in [4.78, 5) is 13.3. The van der Waals surface area contributed by atoms with Crippen molar-refractivity contribution in [2.75, 3.05) is 19.6 Å². The maximum atomic E-state index is 14.1. The van der Waals surface area contributed by atoms with Crippen LogP contribution in [-0.2, 0) is 11.3 Å². The quantitative estimate of drug-likeness (QED) is 0.873. The Morgan fingerprint density at radius 1 is 1.40 bits per heavy atom. The molecule has 1 fully saturated rings. The Morgan fingerprint density at radius 3 is 2.88 bits per heavy atom. The summed E-state index contributed by atoms with van der Waals surface area (Å²) in [5, 5.41) is 9.58. The molecule has 0 radical (unpaired) electrons. The highest BCUT2D eigenvalue weighted by atomic mass is 19.1. The fourth-order valence-electron chi connectivity index (χ4n) is 3.37. The number of hydrogen-bond acceptors (Lipinski definition) is 3. The van der Waals surface area contributed by atoms with E-state index in [1.165, 1.54) is 25.1 Å². The van der Waals surface area contributed by atoms with Gasteiger partial charge in [-0.3, -0.25) is 14.8 Å². The highest BCUT2D eigenvalue weighted by Gasteiger charge is 2.23. The maximum Gasteiger partial charge on any atom is 0.216 e. The van der Waals surface area contributed by atoms with E-state index >= 15 is 0 Å². The van der Waals surface area contributed by atoms with Crippen LogP contribution >= 0.6 is 0 Å². The van der Waals surface area contributed by atoms with Crippen LogP contribution in [0.3, 0.4) is 0 Å². The molecule has 1 amide bonds. The third-order valence-corrected chi connectivity index (χ3v) is 4.57. The molecule has 1 unspecified atom stereocenters. The number of halogens is 2. The summed E-state index contributed by atoms with van der Waals surface area (Å²) < 4.78 is 28.1. The van der Waals surface area contributed by atoms with E-state index < -0.39 is 11.6 Å². The van der Waals surface area contributed by atoms with Crippen LogP contribution in [0.25, 0.3) is 11.3 Å². The van der Waals surface area contributed by atoms with E-state index in [1.54, 1.807) is 6.20 Å². The summed E-state index contributed by atoms with van der Waals surface area (Å²) >= 11 is 0. The highest BCUT2D eigenvalue weighted by Crippen LogP contribution is 2.28. The zero-order valence-electron chi connectivity index (χ0n) is 14.2. The normalized spacial score (nSPS) is 18.3. The molecule has 1 atom stereocenters. The number of nitrogens with one attached hydrogen (secondary N) is 2. The summed E-state index contributed by atoms with van der Waals surface area (Å²) in [6.07, 6.45) is 3.72. The Hall–Kier alpha value is -2.28. The van der Waals surface area contributed by atoms with Crippen molar-refractivity contribution in [2.45, 2.75) is 26.3 Å². The lowest BCUT2D eigenvalue weighted by Crippen LogP contribution is -2.40. The minimum atomic E-state index is -0.604. The second-order valence-electron chi connectivity index (χ2n) is 6.55. The Labute approximate surface area is 145 Å². The predicted molar refractivity (Wildman–Crippen MR) is 90.6 cm³/mol. The number of hydrogen-bond donors (Lipinski definition) is 2. The van der Waals surface area contributed by atoms with Gasteiger partial charge in [-0.1, -0.05) is 6.07 Å². The molecule has 25 heavy (non-hydrogen) atoms. The standard InChI is InChI=1S/C18H22F2N4O/c1-12(25)21-8-13-4-3-7-24(10-13)11-14-9-22-23-18(14)17-15(19)5-2-6-16(17)20/h2,5-6,9,13H,3-4,7-8,10-11H2,1H3,(H,21,25)(H,22,23). The van der Waals surface area contributed by atoms with Gasteiger partial charge in [-0.15, -0.1) is 0 Å². The number of carbonyl (C=O) groups excluding carboxylic acids is 1. The molecule has 134 valence electrons. The van der Waals surface area contributed by atoms with Crippen molar-refractivity contribution in [3.8, 4) is 11.3 Å². The Kier molecular flexibility index (Phi) is 5.43. The minimum absolute atomic E-state index is 0.0238. The lowest BCUT2D eigenvalue weighted by atomic mass is 9.97. The van der Waals surface area contributed by atoms with E-state index in [0.717, 1.165) is 31.5 Å². The average Bonchev–Trinajstić information content (AvgIpc) is 3.01. The van der Waals surface area contributed by atoms with Gasteiger partial charge in [0.1, 0.15) is 11.6 Å². The number of amides is 1. The summed E-state index contributed by atoms with van der Waals surface area (Å²) in [5.74, 6) is -0.845. The molecule has 1 aromatic heterocycles. The zero-order valence-corrected chi connectivity index (χ0v) is 14.2. The average molecular weight is 348 g/mol. The fourth-order valence-corrected chi connectivity index (χ4v) is 3.37. The Morgan fingerprint density at radius 2 is 2.16 bits per heavy atom. The number of aromatic nitrogens is 2. The maximum absolute atomic E-state index is 14.1. The van der Waals surface area contributed by atoms with Crippen LogP contribution < -0.4 is 5.32 Å². The van der Waals surface area contributed by atoms with Crippen molar-refractivity contribution in [2.24, 2.45) is 5.92 Å². The van der Waals surface area contributed by atoms with E-state index in [2.05, 4.69) is 20.4 Å². The number of piperidine rings is 1. The molecule has 1 aliphatic rings. The van der Waals surface area contributed by atoms with Crippen molar-refractivity contribution in [3.63, 3.8) is 0 Å². The Bertz CT molecular complexity index is 726. The first kappa shape index (κ1) is 17.5. The first-order chi connectivity index (χ1) is 12.0. The minimum Gasteiger partial charge on any atom is -0.356 e. The van der Waals surface area contributed by atoms with Gasteiger partial charge in [0.15, 0.2) is 0 Å². The second-order valence-corrected chi connectivity index (χ2v) is 6.55. The molecule has 0 saturated carbocycles. The van der Waals surface area contributed by atoms with Crippen molar-refractivity contribution < 1.29 is 13.6 Å². The highest BCUT2D eigenvalue weighted by molar-refractivity contribution is 5.72. The number of benzene rings is 1. The number of carbonyl (C=O) groups is 1. The van der Waals surface area contributed by atoms with Crippen LogP contribution in [0.4, 0.5) is 8.78 Å². The summed E-state index contributed by atoms with van der Waals surface area (Å²) in [7, 11) is 0. The van der Waals surface area contributed by atoms with Gasteiger partial charge in [-0.25, -0.2) is 8.78 Å². The number of rotatable bonds is 5. The van der Waals surface area contributed by atoms with E-state index in [0.29, 0.717) is 24.7 Å². The van der Waals surface area contributed by atoms with Crippen molar-refractivity contribution in [3.05, 3.63) is 41.6 Å². The zero-order chi connectivity index (χ0) is 17.8. The molecular weight excluding hydrogens is 326 g/mol. The van der Waals surface area contributed by atoms with Crippen LogP contribution in [0.15, 0.2) is 24.4 Å². The van der Waals surface area contributed by atoms with Crippen molar-refractivity contribution >= 4 is 5.91 Å². The molecule has 2 N–H and O–H groups in total. The molecule has 1 aromatic carbocycles. The molecule has 2 heterocycles. The molecule has 1 saturated heterocycles. The molecular formula is C18H22F2N4O. The van der Waals surface area contributed by atoms with Crippen molar-refractivity contribution in [1.29, 1.82) is 0 Å². The summed E-state index contributed by atoms with van der Waals surface area (Å²) in [6, 6.07) is 3.84. The van der Waals surface area contributed by atoms with Gasteiger partial charge in [0.05, 0.1) is 17.5 Å². The van der Waals surface area contributed by atoms with Crippen molar-refractivity contribution in [1.82, 2.24) is 20.4 Å². The van der Waals surface area contributed by atoms with Crippen LogP contribution in [0.2, 0.25) is 0 Å². The third-order valence-electron chi connectivity index (χ3n) is 4.57. The first-order valence-corrected chi connectivity index (χ1v) is 8.48. The van der Waals surface area contributed by atoms with E-state index in [-0.39, 0.29) is 11.5 Å². The molecule has 0 spiro atoms. The lowest BCUT2D eigenvalue weighted by Gasteiger charge is -2.32. The molecule has 3 rings (SSSR count). The van der Waals surface area contributed by atoms with E-state index in [9.17, 15) is 13.6 Å². The molecule has 1 aliphatic heterocycles. The molecule has 7 heteroatoms. The van der Waals surface area contributed by atoms with Crippen LogP contribution in [-0.4, -0.2) is 40.6 Å². The third kappa shape index (κ3) is 4.22. The number of likely N-dealkylation sites (tertiary alicyclic amines) is 1. The van der Waals surface area contributed by atoms with Gasteiger partial charge >= 0.3 is 0 Å². The van der Waals surface area contributed by atoms with Gasteiger partial charge in [0.2, 0.25) is 5.91 Å². The first-order valence-electron chi connectivity index (χ1n) is 8.48. The Balaban J connectivity index is 1.72. The van der Waals surface area contributed by atoms with Gasteiger partial charge < -0.3 is 5.32 Å². The number of nitrogens with zero attached hydrogens (tertiary/aromatic N) is 2. The van der Waals surface area contributed by atoms with E-state index in [4.69, 9.17) is 0 Å². The summed E-state index contributed by atoms with van der Waals surface area (Å²) in [5.41, 5.74) is 1.09. The lowest BCUT2D eigenvalue weighted by molar-refractivity contribution is -0.119. The summed E-state index contributed by atoms with van der Waals surface area (Å²) in [6.45, 7) is 4.50. The van der Waals surface area contributed by atoms with Crippen LogP contribution in [0.1, 0.15) is 25.3 Å². The fraction of sp³-hybridized carbons (Fsp3) is 0.444. The molecule has 5 nitrogen and oxygen atoms in total. The van der Waals surface area contributed by atoms with Gasteiger partial charge in [0, 0.05) is 32.1 Å². The monoisotopic (exact) mass is 348 g/mol. The number of H-pyrrole nitrogens is 1. The van der Waals surface area contributed by atoms with Crippen LogP contribution in [0, 0.1) is 17.6 Å². The molecule has 2 aromatic rings. The van der Waals surface area contributed by atoms with Crippen LogP contribution in [0.5, 0.6) is 0 Å².